The number of alkyl halides is 6. The molecule has 1 saturated heterocycles. The quantitative estimate of drug-likeness (QED) is 0.184. The first-order valence-corrected chi connectivity index (χ1v) is 16.7. The number of ether oxygens (including phenoxy) is 2. The zero-order valence-corrected chi connectivity index (χ0v) is 26.4. The average Bonchev–Trinajstić information content (AvgIpc) is 3.53. The third-order valence-corrected chi connectivity index (χ3v) is 9.47. The van der Waals surface area contributed by atoms with E-state index in [2.05, 4.69) is 32.7 Å². The van der Waals surface area contributed by atoms with Gasteiger partial charge in [0.2, 0.25) is 12.2 Å². The zero-order chi connectivity index (χ0) is 32.0. The molecule has 0 bridgehead atoms. The maximum Gasteiger partial charge on any atom is 0.435 e. The molecule has 5 rings (SSSR count). The summed E-state index contributed by atoms with van der Waals surface area (Å²) in [5.41, 5.74) is -1.60. The van der Waals surface area contributed by atoms with Gasteiger partial charge in [-0.3, -0.25) is 9.48 Å². The van der Waals surface area contributed by atoms with E-state index in [0.717, 1.165) is 20.4 Å². The summed E-state index contributed by atoms with van der Waals surface area (Å²) in [5, 5.41) is 5.49. The molecule has 1 amide bonds. The van der Waals surface area contributed by atoms with Crippen molar-refractivity contribution < 1.29 is 53.2 Å². The second-order valence-electron chi connectivity index (χ2n) is 10.1. The van der Waals surface area contributed by atoms with Gasteiger partial charge in [0.1, 0.15) is 23.7 Å². The van der Waals surface area contributed by atoms with Crippen LogP contribution in [0.5, 0.6) is 5.75 Å². The number of halogens is 7. The first kappa shape index (κ1) is 32.9. The highest BCUT2D eigenvalue weighted by molar-refractivity contribution is 14.1. The number of thiazole rings is 1. The van der Waals surface area contributed by atoms with Gasteiger partial charge < -0.3 is 18.6 Å². The van der Waals surface area contributed by atoms with E-state index in [1.54, 1.807) is 17.5 Å². The van der Waals surface area contributed by atoms with Crippen LogP contribution in [0.3, 0.4) is 0 Å². The van der Waals surface area contributed by atoms with Gasteiger partial charge in [0.25, 0.3) is 0 Å². The van der Waals surface area contributed by atoms with Crippen LogP contribution in [0, 0.1) is 3.57 Å². The van der Waals surface area contributed by atoms with Gasteiger partial charge in [0.05, 0.1) is 24.5 Å². The first-order chi connectivity index (χ1) is 20.5. The van der Waals surface area contributed by atoms with Crippen molar-refractivity contribution in [2.24, 2.45) is 0 Å². The minimum Gasteiger partial charge on any atom is -0.382 e. The molecule has 2 aliphatic heterocycles. The number of nitrogens with zero attached hydrogens (tertiary/aromatic N) is 4. The smallest absolute Gasteiger partial charge is 0.382 e. The van der Waals surface area contributed by atoms with Gasteiger partial charge in [0, 0.05) is 45.2 Å². The van der Waals surface area contributed by atoms with E-state index in [-0.39, 0.29) is 48.7 Å². The van der Waals surface area contributed by atoms with E-state index in [0.29, 0.717) is 24.1 Å². The van der Waals surface area contributed by atoms with Gasteiger partial charge in [-0.1, -0.05) is 0 Å². The summed E-state index contributed by atoms with van der Waals surface area (Å²) in [6, 6.07) is 3.15. The van der Waals surface area contributed by atoms with Crippen molar-refractivity contribution >= 4 is 50.0 Å². The Morgan fingerprint density at radius 2 is 1.75 bits per heavy atom. The normalized spacial score (nSPS) is 18.6. The van der Waals surface area contributed by atoms with E-state index in [9.17, 15) is 39.6 Å². The highest BCUT2D eigenvalue weighted by atomic mass is 127. The molecule has 0 N–H and O–H groups in total. The Hall–Kier alpha value is -2.49. The van der Waals surface area contributed by atoms with Crippen molar-refractivity contribution in [2.45, 2.75) is 57.2 Å². The molecule has 10 nitrogen and oxygen atoms in total. The molecule has 1 fully saturated rings. The van der Waals surface area contributed by atoms with Gasteiger partial charge in [0.15, 0.2) is 5.69 Å². The van der Waals surface area contributed by atoms with Gasteiger partial charge in [-0.15, -0.1) is 11.3 Å². The average molecular weight is 781 g/mol. The van der Waals surface area contributed by atoms with Crippen LogP contribution >= 0.6 is 33.9 Å². The van der Waals surface area contributed by atoms with Crippen LogP contribution in [0.25, 0.3) is 0 Å². The highest BCUT2D eigenvalue weighted by Crippen LogP contribution is 2.38. The molecule has 3 aromatic rings. The number of hydrogen-bond acceptors (Lipinski definition) is 9. The largest absolute Gasteiger partial charge is 0.435 e. The molecule has 1 unspecified atom stereocenters. The Balaban J connectivity index is 1.21. The van der Waals surface area contributed by atoms with Crippen molar-refractivity contribution in [2.75, 3.05) is 19.3 Å². The van der Waals surface area contributed by atoms with Gasteiger partial charge in [-0.2, -0.15) is 39.9 Å². The Morgan fingerprint density at radius 3 is 2.36 bits per heavy atom. The van der Waals surface area contributed by atoms with E-state index in [1.165, 1.54) is 16.2 Å². The standard InChI is InChI=1S/C25H23F6IN4O6S2/c1-44(38,39)42-18-3-2-16(32)14-10-40-23(41-11-15(14)18)17-12-43-22(33-17)13-4-6-35(7-5-13)21(37)9-36-20(25(29,30)31)8-19(34-36)24(26,27)28/h2-3,8,12-13,23H,4-7,9-11H2,1H3. The summed E-state index contributed by atoms with van der Waals surface area (Å²) in [6.45, 7) is -0.526. The summed E-state index contributed by atoms with van der Waals surface area (Å²) in [6.07, 6.45) is -9.26. The van der Waals surface area contributed by atoms with Gasteiger partial charge in [-0.25, -0.2) is 4.98 Å². The highest BCUT2D eigenvalue weighted by Gasteiger charge is 2.42. The van der Waals surface area contributed by atoms with E-state index in [4.69, 9.17) is 13.7 Å². The maximum atomic E-state index is 13.3. The Morgan fingerprint density at radius 1 is 1.09 bits per heavy atom. The summed E-state index contributed by atoms with van der Waals surface area (Å²) in [4.78, 5) is 18.7. The number of hydrogen-bond donors (Lipinski definition) is 0. The van der Waals surface area contributed by atoms with Crippen molar-refractivity contribution in [3.8, 4) is 5.75 Å². The van der Waals surface area contributed by atoms with Crippen molar-refractivity contribution in [1.29, 1.82) is 0 Å². The molecule has 44 heavy (non-hydrogen) atoms. The predicted molar refractivity (Wildman–Crippen MR) is 150 cm³/mol. The minimum absolute atomic E-state index is 0.00578. The number of likely N-dealkylation sites (tertiary alicyclic amines) is 1. The Labute approximate surface area is 264 Å². The summed E-state index contributed by atoms with van der Waals surface area (Å²) >= 11 is 3.46. The van der Waals surface area contributed by atoms with Crippen LogP contribution in [-0.2, 0) is 56.5 Å². The second kappa shape index (κ2) is 12.4. The lowest BCUT2D eigenvalue weighted by molar-refractivity contribution is -0.155. The van der Waals surface area contributed by atoms with E-state index in [1.807, 2.05) is 0 Å². The fraction of sp³-hybridized carbons (Fsp3) is 0.480. The summed E-state index contributed by atoms with van der Waals surface area (Å²) < 4.78 is 120. The number of rotatable bonds is 6. The maximum absolute atomic E-state index is 13.3. The third-order valence-electron chi connectivity index (χ3n) is 6.95. The Kier molecular flexibility index (Phi) is 9.24. The lowest BCUT2D eigenvalue weighted by Crippen LogP contribution is -2.40. The predicted octanol–water partition coefficient (Wildman–Crippen LogP) is 5.47. The number of benzene rings is 1. The molecule has 0 spiro atoms. The molecule has 1 atom stereocenters. The molecular formula is C25H23F6IN4O6S2. The van der Waals surface area contributed by atoms with Crippen LogP contribution in [-0.4, -0.2) is 53.3 Å². The van der Waals surface area contributed by atoms with Crippen molar-refractivity contribution in [3.05, 3.63) is 60.4 Å². The number of aromatic nitrogens is 3. The fourth-order valence-corrected chi connectivity index (χ4v) is 6.97. The topological polar surface area (TPSA) is 113 Å². The first-order valence-electron chi connectivity index (χ1n) is 12.9. The molecule has 19 heteroatoms. The lowest BCUT2D eigenvalue weighted by Gasteiger charge is -2.31. The third kappa shape index (κ3) is 7.48. The number of amides is 1. The molecule has 240 valence electrons. The molecule has 1 aromatic carbocycles. The molecule has 0 saturated carbocycles. The minimum atomic E-state index is -5.12. The molecular weight excluding hydrogens is 757 g/mol. The van der Waals surface area contributed by atoms with Crippen LogP contribution in [0.15, 0.2) is 23.6 Å². The molecule has 0 radical (unpaired) electrons. The molecule has 2 aliphatic rings. The summed E-state index contributed by atoms with van der Waals surface area (Å²) in [5.74, 6) is -0.710. The molecule has 2 aromatic heterocycles. The van der Waals surface area contributed by atoms with Gasteiger partial charge in [-0.05, 0) is 47.6 Å². The molecule has 0 aliphatic carbocycles. The molecule has 4 heterocycles. The monoisotopic (exact) mass is 780 g/mol. The van der Waals surface area contributed by atoms with Crippen LogP contribution in [0.2, 0.25) is 0 Å². The Bertz CT molecular complexity index is 1650. The van der Waals surface area contributed by atoms with Crippen molar-refractivity contribution in [1.82, 2.24) is 19.7 Å². The second-order valence-corrected chi connectivity index (χ2v) is 13.7. The number of fused-ring (bicyclic) bond motifs is 1. The number of carbonyl (C=O) groups excluding carboxylic acids is 1. The fourth-order valence-electron chi connectivity index (χ4n) is 4.84. The van der Waals surface area contributed by atoms with Crippen LogP contribution < -0.4 is 4.18 Å². The van der Waals surface area contributed by atoms with E-state index >= 15 is 0 Å². The number of carbonyl (C=O) groups is 1. The van der Waals surface area contributed by atoms with E-state index < -0.39 is 52.6 Å². The van der Waals surface area contributed by atoms with Crippen molar-refractivity contribution in [3.63, 3.8) is 0 Å². The van der Waals surface area contributed by atoms with Gasteiger partial charge >= 0.3 is 22.5 Å². The number of piperidine rings is 1. The van der Waals surface area contributed by atoms with Crippen LogP contribution in [0.4, 0.5) is 26.3 Å². The zero-order valence-electron chi connectivity index (χ0n) is 22.6. The lowest BCUT2D eigenvalue weighted by atomic mass is 9.97. The summed E-state index contributed by atoms with van der Waals surface area (Å²) in [7, 11) is -3.77. The SMILES string of the molecule is CS(=O)(=O)Oc1ccc(I)c2c1COC(c1csc(C3CCN(C(=O)Cn4nc(C(F)(F)F)cc4C(F)(F)F)CC3)n1)OC2. The van der Waals surface area contributed by atoms with Crippen LogP contribution in [0.1, 0.15) is 58.3 Å².